The maximum atomic E-state index is 5.29. The maximum absolute atomic E-state index is 5.29. The van der Waals surface area contributed by atoms with Crippen LogP contribution in [0, 0.1) is 0 Å². The summed E-state index contributed by atoms with van der Waals surface area (Å²) in [5, 5.41) is 0. The van der Waals surface area contributed by atoms with Crippen LogP contribution in [-0.2, 0) is 0 Å². The minimum Gasteiger partial charge on any atom is -0.255 e. The Kier molecular flexibility index (Phi) is 9.79. The van der Waals surface area contributed by atoms with Gasteiger partial charge in [-0.2, -0.15) is 0 Å². The fourth-order valence-electron chi connectivity index (χ4n) is 7.25. The molecule has 0 bridgehead atoms. The molecule has 0 radical (unpaired) electrons. The summed E-state index contributed by atoms with van der Waals surface area (Å²) in [5.41, 5.74) is 13.6. The second kappa shape index (κ2) is 16.3. The van der Waals surface area contributed by atoms with E-state index in [4.69, 9.17) is 34.9 Å². The van der Waals surface area contributed by atoms with Gasteiger partial charge in [0.05, 0.1) is 45.6 Å². The Morgan fingerprint density at radius 2 is 0.667 bits per heavy atom. The average molecular weight is 770 g/mol. The predicted molar refractivity (Wildman–Crippen MR) is 240 cm³/mol. The summed E-state index contributed by atoms with van der Waals surface area (Å²) in [6, 6.07) is 67.1. The minimum atomic E-state index is 0.552. The molecule has 7 heteroatoms. The van der Waals surface area contributed by atoms with Gasteiger partial charge in [-0.25, -0.2) is 24.9 Å². The lowest BCUT2D eigenvalue weighted by atomic mass is 10.0. The Labute approximate surface area is 347 Å². The summed E-state index contributed by atoms with van der Waals surface area (Å²) in [6.07, 6.45) is 3.58. The van der Waals surface area contributed by atoms with E-state index in [9.17, 15) is 0 Å². The first-order valence-electron chi connectivity index (χ1n) is 19.7. The lowest BCUT2D eigenvalue weighted by Gasteiger charge is -2.14. The fourth-order valence-corrected chi connectivity index (χ4v) is 7.25. The zero-order chi connectivity index (χ0) is 40.1. The van der Waals surface area contributed by atoms with Crippen LogP contribution in [0.2, 0.25) is 0 Å². The van der Waals surface area contributed by atoms with Crippen molar-refractivity contribution in [3.63, 3.8) is 0 Å². The van der Waals surface area contributed by atoms with Crippen molar-refractivity contribution in [2.75, 3.05) is 0 Å². The Morgan fingerprint density at radius 1 is 0.233 bits per heavy atom. The zero-order valence-electron chi connectivity index (χ0n) is 32.3. The van der Waals surface area contributed by atoms with Crippen LogP contribution < -0.4 is 0 Å². The third kappa shape index (κ3) is 7.58. The van der Waals surface area contributed by atoms with Gasteiger partial charge in [-0.3, -0.25) is 9.97 Å². The molecular formula is C53H35N7. The van der Waals surface area contributed by atoms with Gasteiger partial charge in [-0.1, -0.05) is 152 Å². The normalized spacial score (nSPS) is 11.0. The molecule has 0 atom stereocenters. The Hall–Kier alpha value is -8.29. The smallest absolute Gasteiger partial charge is 0.162 e. The maximum Gasteiger partial charge on any atom is 0.162 e. The molecule has 7 nitrogen and oxygen atoms in total. The number of hydrogen-bond acceptors (Lipinski definition) is 7. The van der Waals surface area contributed by atoms with E-state index in [0.717, 1.165) is 67.3 Å². The average Bonchev–Trinajstić information content (AvgIpc) is 3.35. The van der Waals surface area contributed by atoms with Crippen molar-refractivity contribution in [2.45, 2.75) is 0 Å². The van der Waals surface area contributed by atoms with Crippen LogP contribution in [0.1, 0.15) is 0 Å². The molecule has 60 heavy (non-hydrogen) atoms. The van der Waals surface area contributed by atoms with E-state index in [1.54, 1.807) is 12.4 Å². The number of aromatic nitrogens is 7. The van der Waals surface area contributed by atoms with Crippen molar-refractivity contribution in [1.29, 1.82) is 0 Å². The summed E-state index contributed by atoms with van der Waals surface area (Å²) in [6.45, 7) is 0. The molecule has 0 unspecified atom stereocenters. The highest BCUT2D eigenvalue weighted by Gasteiger charge is 2.19. The SMILES string of the molecule is c1ccc(-c2cc(-c3cc(-c4nc(-c5ccccc5)cc(-c5ccccc5)n4)ccn3)nc(-c3ncccc3-c3nc(-c4ccccc4)cc(-c4ccccc4)n3)c2)cc1. The molecular weight excluding hydrogens is 735 g/mol. The van der Waals surface area contributed by atoms with Crippen LogP contribution >= 0.6 is 0 Å². The first kappa shape index (κ1) is 36.1. The van der Waals surface area contributed by atoms with Crippen molar-refractivity contribution in [3.8, 4) is 102 Å². The lowest BCUT2D eigenvalue weighted by molar-refractivity contribution is 1.16. The van der Waals surface area contributed by atoms with Gasteiger partial charge in [0.2, 0.25) is 0 Å². The molecule has 0 spiro atoms. The molecule has 0 aliphatic carbocycles. The van der Waals surface area contributed by atoms with Gasteiger partial charge in [-0.15, -0.1) is 0 Å². The van der Waals surface area contributed by atoms with Crippen LogP contribution in [0.5, 0.6) is 0 Å². The third-order valence-corrected chi connectivity index (χ3v) is 10.2. The highest BCUT2D eigenvalue weighted by atomic mass is 14.9. The van der Waals surface area contributed by atoms with Crippen LogP contribution in [0.4, 0.5) is 0 Å². The van der Waals surface area contributed by atoms with Gasteiger partial charge in [0.15, 0.2) is 11.6 Å². The van der Waals surface area contributed by atoms with Gasteiger partial charge >= 0.3 is 0 Å². The second-order valence-corrected chi connectivity index (χ2v) is 14.2. The third-order valence-electron chi connectivity index (χ3n) is 10.2. The van der Waals surface area contributed by atoms with Crippen LogP contribution in [0.15, 0.2) is 213 Å². The van der Waals surface area contributed by atoms with E-state index < -0.39 is 0 Å². The number of pyridine rings is 3. The summed E-state index contributed by atoms with van der Waals surface area (Å²) < 4.78 is 0. The van der Waals surface area contributed by atoms with E-state index >= 15 is 0 Å². The number of rotatable bonds is 9. The van der Waals surface area contributed by atoms with Gasteiger partial charge in [0.25, 0.3) is 0 Å². The quantitative estimate of drug-likeness (QED) is 0.144. The molecule has 282 valence electrons. The second-order valence-electron chi connectivity index (χ2n) is 14.2. The summed E-state index contributed by atoms with van der Waals surface area (Å²) in [7, 11) is 0. The molecule has 0 aliphatic heterocycles. The molecule has 0 aliphatic rings. The Balaban J connectivity index is 1.13. The first-order chi connectivity index (χ1) is 29.7. The number of hydrogen-bond donors (Lipinski definition) is 0. The van der Waals surface area contributed by atoms with Crippen LogP contribution in [0.3, 0.4) is 0 Å². The van der Waals surface area contributed by atoms with Crippen LogP contribution in [-0.4, -0.2) is 34.9 Å². The Bertz CT molecular complexity index is 2950. The van der Waals surface area contributed by atoms with Gasteiger partial charge in [-0.05, 0) is 59.7 Å². The summed E-state index contributed by atoms with van der Waals surface area (Å²) in [4.78, 5) is 35.6. The molecule has 0 N–H and O–H groups in total. The van der Waals surface area contributed by atoms with Crippen LogP contribution in [0.25, 0.3) is 102 Å². The highest BCUT2D eigenvalue weighted by molar-refractivity contribution is 5.83. The monoisotopic (exact) mass is 769 g/mol. The van der Waals surface area contributed by atoms with E-state index in [1.165, 1.54) is 0 Å². The Morgan fingerprint density at radius 3 is 1.17 bits per heavy atom. The molecule has 0 amide bonds. The van der Waals surface area contributed by atoms with Crippen molar-refractivity contribution in [1.82, 2.24) is 34.9 Å². The molecule has 10 rings (SSSR count). The fraction of sp³-hybridized carbons (Fsp3) is 0. The van der Waals surface area contributed by atoms with Crippen molar-refractivity contribution in [2.24, 2.45) is 0 Å². The van der Waals surface area contributed by atoms with Crippen molar-refractivity contribution >= 4 is 0 Å². The highest BCUT2D eigenvalue weighted by Crippen LogP contribution is 2.36. The van der Waals surface area contributed by atoms with Crippen molar-refractivity contribution in [3.05, 3.63) is 213 Å². The molecule has 5 aromatic carbocycles. The largest absolute Gasteiger partial charge is 0.255 e. The van der Waals surface area contributed by atoms with E-state index in [0.29, 0.717) is 34.4 Å². The first-order valence-corrected chi connectivity index (χ1v) is 19.7. The summed E-state index contributed by atoms with van der Waals surface area (Å²) >= 11 is 0. The van der Waals surface area contributed by atoms with Gasteiger partial charge < -0.3 is 0 Å². The molecule has 0 saturated carbocycles. The molecule has 5 heterocycles. The number of nitrogens with zero attached hydrogens (tertiary/aromatic N) is 7. The van der Waals surface area contributed by atoms with Crippen molar-refractivity contribution < 1.29 is 0 Å². The zero-order valence-corrected chi connectivity index (χ0v) is 32.3. The molecule has 5 aromatic heterocycles. The molecule has 0 saturated heterocycles. The van der Waals surface area contributed by atoms with Gasteiger partial charge in [0.1, 0.15) is 0 Å². The number of benzene rings is 5. The molecule has 0 fully saturated rings. The van der Waals surface area contributed by atoms with E-state index in [-0.39, 0.29) is 0 Å². The minimum absolute atomic E-state index is 0.552. The topological polar surface area (TPSA) is 90.2 Å². The van der Waals surface area contributed by atoms with Gasteiger partial charge in [0, 0.05) is 45.8 Å². The standard InChI is InChI=1S/C53H35N7/c1-6-17-36(18-7-1)42-32-49(48-31-41(28-30-54-48)52-57-44(37-19-8-2-9-20-37)34-45(58-52)38-21-10-3-11-22-38)56-50(33-42)51-43(27-16-29-55-51)53-59-46(39-23-12-4-13-24-39)35-47(60-53)40-25-14-5-15-26-40/h1-35H. The van der Waals surface area contributed by atoms with E-state index in [1.807, 2.05) is 127 Å². The molecule has 10 aromatic rings. The summed E-state index contributed by atoms with van der Waals surface area (Å²) in [5.74, 6) is 1.14. The van der Waals surface area contributed by atoms with E-state index in [2.05, 4.69) is 72.8 Å². The lowest BCUT2D eigenvalue weighted by Crippen LogP contribution is -2.00. The predicted octanol–water partition coefficient (Wildman–Crippen LogP) is 12.5.